The summed E-state index contributed by atoms with van der Waals surface area (Å²) in [4.78, 5) is 0. The molecular formula is C9H8Br2N2. The van der Waals surface area contributed by atoms with E-state index >= 15 is 0 Å². The van der Waals surface area contributed by atoms with E-state index in [1.165, 1.54) is 0 Å². The summed E-state index contributed by atoms with van der Waals surface area (Å²) in [6.45, 7) is 0. The molecule has 68 valence electrons. The van der Waals surface area contributed by atoms with Crippen LogP contribution in [0.1, 0.15) is 18.0 Å². The van der Waals surface area contributed by atoms with Crippen molar-refractivity contribution >= 4 is 31.9 Å². The molecule has 0 saturated heterocycles. The molecule has 1 atom stereocenters. The van der Waals surface area contributed by atoms with Gasteiger partial charge in [0, 0.05) is 15.0 Å². The van der Waals surface area contributed by atoms with Gasteiger partial charge in [-0.15, -0.1) is 0 Å². The fourth-order valence-corrected chi connectivity index (χ4v) is 2.33. The minimum Gasteiger partial charge on any atom is -0.323 e. The Morgan fingerprint density at radius 2 is 1.85 bits per heavy atom. The maximum Gasteiger partial charge on any atom is 0.0641 e. The van der Waals surface area contributed by atoms with Gasteiger partial charge in [0.2, 0.25) is 0 Å². The van der Waals surface area contributed by atoms with Gasteiger partial charge in [0.25, 0.3) is 0 Å². The minimum atomic E-state index is -0.209. The summed E-state index contributed by atoms with van der Waals surface area (Å²) in [5, 5.41) is 8.48. The summed E-state index contributed by atoms with van der Waals surface area (Å²) in [6, 6.07) is 7.62. The summed E-state index contributed by atoms with van der Waals surface area (Å²) in [5.41, 5.74) is 6.74. The SMILES string of the molecule is N#CC[C@@H](N)c1cc(Br)cc(Br)c1. The van der Waals surface area contributed by atoms with Gasteiger partial charge in [-0.05, 0) is 23.8 Å². The van der Waals surface area contributed by atoms with E-state index in [-0.39, 0.29) is 6.04 Å². The second-order valence-corrected chi connectivity index (χ2v) is 4.50. The van der Waals surface area contributed by atoms with Gasteiger partial charge in [-0.25, -0.2) is 0 Å². The Labute approximate surface area is 94.0 Å². The van der Waals surface area contributed by atoms with Gasteiger partial charge >= 0.3 is 0 Å². The lowest BCUT2D eigenvalue weighted by Crippen LogP contribution is -2.09. The van der Waals surface area contributed by atoms with Crippen LogP contribution < -0.4 is 5.73 Å². The summed E-state index contributed by atoms with van der Waals surface area (Å²) in [6.07, 6.45) is 0.336. The summed E-state index contributed by atoms with van der Waals surface area (Å²) in [5.74, 6) is 0. The molecule has 0 aliphatic rings. The zero-order valence-electron chi connectivity index (χ0n) is 6.80. The van der Waals surface area contributed by atoms with Gasteiger partial charge < -0.3 is 5.73 Å². The summed E-state index contributed by atoms with van der Waals surface area (Å²) >= 11 is 6.73. The van der Waals surface area contributed by atoms with Crippen molar-refractivity contribution < 1.29 is 0 Å². The molecule has 2 N–H and O–H groups in total. The number of nitrogens with two attached hydrogens (primary N) is 1. The second-order valence-electron chi connectivity index (χ2n) is 2.67. The molecule has 1 aromatic rings. The van der Waals surface area contributed by atoms with Gasteiger partial charge in [-0.2, -0.15) is 5.26 Å². The van der Waals surface area contributed by atoms with Crippen LogP contribution in [0.15, 0.2) is 27.1 Å². The van der Waals surface area contributed by atoms with E-state index in [1.807, 2.05) is 24.3 Å². The van der Waals surface area contributed by atoms with Gasteiger partial charge in [0.1, 0.15) is 0 Å². The number of hydrogen-bond donors (Lipinski definition) is 1. The van der Waals surface area contributed by atoms with Crippen LogP contribution in [0.2, 0.25) is 0 Å². The number of halogens is 2. The lowest BCUT2D eigenvalue weighted by atomic mass is 10.1. The highest BCUT2D eigenvalue weighted by molar-refractivity contribution is 9.11. The number of benzene rings is 1. The third-order valence-electron chi connectivity index (χ3n) is 1.62. The molecule has 2 nitrogen and oxygen atoms in total. The minimum absolute atomic E-state index is 0.209. The Bertz CT molecular complexity index is 324. The molecule has 0 aromatic heterocycles. The van der Waals surface area contributed by atoms with Crippen molar-refractivity contribution in [3.05, 3.63) is 32.7 Å². The van der Waals surface area contributed by atoms with Crippen LogP contribution in [-0.4, -0.2) is 0 Å². The van der Waals surface area contributed by atoms with E-state index in [9.17, 15) is 0 Å². The Kier molecular flexibility index (Phi) is 3.91. The van der Waals surface area contributed by atoms with Crippen LogP contribution in [0.25, 0.3) is 0 Å². The smallest absolute Gasteiger partial charge is 0.0641 e. The van der Waals surface area contributed by atoms with Crippen molar-refractivity contribution in [1.29, 1.82) is 5.26 Å². The first-order chi connectivity index (χ1) is 6.13. The molecule has 0 amide bonds. The molecular weight excluding hydrogens is 296 g/mol. The highest BCUT2D eigenvalue weighted by atomic mass is 79.9. The highest BCUT2D eigenvalue weighted by Crippen LogP contribution is 2.24. The summed E-state index contributed by atoms with van der Waals surface area (Å²) < 4.78 is 1.93. The lowest BCUT2D eigenvalue weighted by Gasteiger charge is -2.08. The quantitative estimate of drug-likeness (QED) is 0.912. The first-order valence-electron chi connectivity index (χ1n) is 3.72. The molecule has 0 heterocycles. The Morgan fingerprint density at radius 3 is 2.31 bits per heavy atom. The third-order valence-corrected chi connectivity index (χ3v) is 2.54. The standard InChI is InChI=1S/C9H8Br2N2/c10-7-3-6(4-8(11)5-7)9(13)1-2-12/h3-5,9H,1,13H2/t9-/m1/s1. The largest absolute Gasteiger partial charge is 0.323 e. The second kappa shape index (κ2) is 4.75. The monoisotopic (exact) mass is 302 g/mol. The molecule has 4 heteroatoms. The van der Waals surface area contributed by atoms with E-state index in [0.717, 1.165) is 14.5 Å². The van der Waals surface area contributed by atoms with Crippen molar-refractivity contribution in [3.8, 4) is 6.07 Å². The Hall–Kier alpha value is -0.370. The number of rotatable bonds is 2. The van der Waals surface area contributed by atoms with Crippen molar-refractivity contribution in [3.63, 3.8) is 0 Å². The fourth-order valence-electron chi connectivity index (χ4n) is 1.01. The molecule has 0 spiro atoms. The molecule has 1 rings (SSSR count). The highest BCUT2D eigenvalue weighted by Gasteiger charge is 2.06. The molecule has 0 bridgehead atoms. The first-order valence-corrected chi connectivity index (χ1v) is 5.30. The summed E-state index contributed by atoms with van der Waals surface area (Å²) in [7, 11) is 0. The van der Waals surface area contributed by atoms with E-state index < -0.39 is 0 Å². The predicted octanol–water partition coefficient (Wildman–Crippen LogP) is 3.13. The van der Waals surface area contributed by atoms with Crippen LogP contribution in [0.3, 0.4) is 0 Å². The van der Waals surface area contributed by atoms with E-state index in [1.54, 1.807) is 0 Å². The maximum absolute atomic E-state index is 8.48. The van der Waals surface area contributed by atoms with Gasteiger partial charge in [0.15, 0.2) is 0 Å². The lowest BCUT2D eigenvalue weighted by molar-refractivity contribution is 0.747. The van der Waals surface area contributed by atoms with Gasteiger partial charge in [-0.1, -0.05) is 31.9 Å². The van der Waals surface area contributed by atoms with Crippen LogP contribution in [-0.2, 0) is 0 Å². The number of nitriles is 1. The molecule has 13 heavy (non-hydrogen) atoms. The molecule has 1 aromatic carbocycles. The molecule has 0 fully saturated rings. The molecule has 0 saturated carbocycles. The number of nitrogens with zero attached hydrogens (tertiary/aromatic N) is 1. The zero-order chi connectivity index (χ0) is 9.84. The first kappa shape index (κ1) is 10.7. The number of hydrogen-bond acceptors (Lipinski definition) is 2. The van der Waals surface area contributed by atoms with Crippen LogP contribution in [0.4, 0.5) is 0 Å². The fraction of sp³-hybridized carbons (Fsp3) is 0.222. The topological polar surface area (TPSA) is 49.8 Å². The van der Waals surface area contributed by atoms with Crippen LogP contribution in [0, 0.1) is 11.3 Å². The normalized spacial score (nSPS) is 12.2. The molecule has 0 radical (unpaired) electrons. The van der Waals surface area contributed by atoms with E-state index in [0.29, 0.717) is 6.42 Å². The zero-order valence-corrected chi connectivity index (χ0v) is 9.97. The van der Waals surface area contributed by atoms with E-state index in [2.05, 4.69) is 31.9 Å². The van der Waals surface area contributed by atoms with E-state index in [4.69, 9.17) is 11.0 Å². The average molecular weight is 304 g/mol. The van der Waals surface area contributed by atoms with Crippen LogP contribution in [0.5, 0.6) is 0 Å². The van der Waals surface area contributed by atoms with Crippen molar-refractivity contribution in [2.45, 2.75) is 12.5 Å². The van der Waals surface area contributed by atoms with Gasteiger partial charge in [-0.3, -0.25) is 0 Å². The average Bonchev–Trinajstić information content (AvgIpc) is 2.03. The van der Waals surface area contributed by atoms with Crippen molar-refractivity contribution in [2.75, 3.05) is 0 Å². The Balaban J connectivity index is 2.95. The van der Waals surface area contributed by atoms with Crippen molar-refractivity contribution in [2.24, 2.45) is 5.73 Å². The third kappa shape index (κ3) is 3.11. The van der Waals surface area contributed by atoms with Gasteiger partial charge in [0.05, 0.1) is 12.5 Å². The molecule has 0 unspecified atom stereocenters. The maximum atomic E-state index is 8.48. The predicted molar refractivity (Wildman–Crippen MR) is 59.0 cm³/mol. The Morgan fingerprint density at radius 1 is 1.31 bits per heavy atom. The molecule has 0 aliphatic heterocycles. The van der Waals surface area contributed by atoms with Crippen molar-refractivity contribution in [1.82, 2.24) is 0 Å². The molecule has 0 aliphatic carbocycles. The van der Waals surface area contributed by atoms with Crippen LogP contribution >= 0.6 is 31.9 Å².